The van der Waals surface area contributed by atoms with Gasteiger partial charge in [0.25, 0.3) is 0 Å². The number of aromatic nitrogens is 5. The molecular formula is C18H22N8O3S. The molecule has 4 N–H and O–H groups in total. The van der Waals surface area contributed by atoms with Crippen LogP contribution in [0.5, 0.6) is 0 Å². The molecule has 158 valence electrons. The topological polar surface area (TPSA) is 150 Å². The first-order valence-corrected chi connectivity index (χ1v) is 10.8. The molecule has 3 aromatic rings. The standard InChI is InChI=1S/C18H22N8O3S/c1-10-14(8-25(3)24-10)16-15(11(2)22-18-20-9-21-26(16)18)17(27)23-12-4-6-13(7-5-12)30(19,28)29/h4-9,11,15-16H,1-3H3,(H,23,27)(H2,19,28,29)(H,20,21,22)/t11-,15-,16-/m1/s1. The number of hydrogen-bond acceptors (Lipinski definition) is 7. The van der Waals surface area contributed by atoms with Gasteiger partial charge < -0.3 is 10.6 Å². The average molecular weight is 430 g/mol. The van der Waals surface area contributed by atoms with Gasteiger partial charge in [-0.15, -0.1) is 0 Å². The number of sulfonamides is 1. The molecule has 0 aliphatic carbocycles. The van der Waals surface area contributed by atoms with Crippen LogP contribution in [0.3, 0.4) is 0 Å². The molecule has 2 aromatic heterocycles. The van der Waals surface area contributed by atoms with Gasteiger partial charge in [0, 0.05) is 30.5 Å². The number of benzene rings is 1. The monoisotopic (exact) mass is 430 g/mol. The highest BCUT2D eigenvalue weighted by molar-refractivity contribution is 7.89. The number of fused-ring (bicyclic) bond motifs is 1. The van der Waals surface area contributed by atoms with E-state index in [1.54, 1.807) is 9.36 Å². The number of nitrogens with two attached hydrogens (primary N) is 1. The lowest BCUT2D eigenvalue weighted by atomic mass is 9.85. The highest BCUT2D eigenvalue weighted by Crippen LogP contribution is 2.37. The lowest BCUT2D eigenvalue weighted by molar-refractivity contribution is -0.121. The van der Waals surface area contributed by atoms with Gasteiger partial charge in [0.15, 0.2) is 0 Å². The molecule has 0 saturated heterocycles. The summed E-state index contributed by atoms with van der Waals surface area (Å²) < 4.78 is 26.3. The fourth-order valence-corrected chi connectivity index (χ4v) is 4.35. The molecule has 0 radical (unpaired) electrons. The van der Waals surface area contributed by atoms with Crippen molar-refractivity contribution in [1.29, 1.82) is 0 Å². The Hall–Kier alpha value is -3.25. The zero-order valence-electron chi connectivity index (χ0n) is 16.6. The van der Waals surface area contributed by atoms with Crippen LogP contribution in [-0.4, -0.2) is 44.9 Å². The number of rotatable bonds is 4. The summed E-state index contributed by atoms with van der Waals surface area (Å²) in [5.41, 5.74) is 2.14. The molecule has 0 spiro atoms. The van der Waals surface area contributed by atoms with E-state index in [9.17, 15) is 13.2 Å². The number of nitrogens with one attached hydrogen (secondary N) is 2. The van der Waals surface area contributed by atoms with Crippen LogP contribution in [0.2, 0.25) is 0 Å². The Balaban J connectivity index is 1.68. The molecule has 4 rings (SSSR count). The van der Waals surface area contributed by atoms with Crippen molar-refractivity contribution in [1.82, 2.24) is 24.5 Å². The lowest BCUT2D eigenvalue weighted by Gasteiger charge is -2.36. The van der Waals surface area contributed by atoms with Crippen LogP contribution in [0.15, 0.2) is 41.7 Å². The Morgan fingerprint density at radius 1 is 1.27 bits per heavy atom. The van der Waals surface area contributed by atoms with Gasteiger partial charge in [0.1, 0.15) is 6.33 Å². The number of nitrogens with zero attached hydrogens (tertiary/aromatic N) is 5. The second kappa shape index (κ2) is 7.22. The molecule has 3 heterocycles. The normalized spacial score (nSPS) is 21.0. The van der Waals surface area contributed by atoms with Crippen molar-refractivity contribution < 1.29 is 13.2 Å². The predicted molar refractivity (Wildman–Crippen MR) is 109 cm³/mol. The summed E-state index contributed by atoms with van der Waals surface area (Å²) in [6.07, 6.45) is 3.32. The zero-order chi connectivity index (χ0) is 21.6. The lowest BCUT2D eigenvalue weighted by Crippen LogP contribution is -2.46. The van der Waals surface area contributed by atoms with E-state index in [1.807, 2.05) is 27.1 Å². The van der Waals surface area contributed by atoms with E-state index >= 15 is 0 Å². The quantitative estimate of drug-likeness (QED) is 0.549. The average Bonchev–Trinajstić information content (AvgIpc) is 3.25. The third kappa shape index (κ3) is 3.55. The maximum absolute atomic E-state index is 13.3. The van der Waals surface area contributed by atoms with Crippen molar-refractivity contribution in [3.63, 3.8) is 0 Å². The molecule has 0 unspecified atom stereocenters. The van der Waals surface area contributed by atoms with Crippen LogP contribution < -0.4 is 15.8 Å². The van der Waals surface area contributed by atoms with E-state index in [0.717, 1.165) is 11.3 Å². The number of hydrogen-bond donors (Lipinski definition) is 3. The summed E-state index contributed by atoms with van der Waals surface area (Å²) in [5.74, 6) is -0.190. The van der Waals surface area contributed by atoms with Gasteiger partial charge in [-0.05, 0) is 38.1 Å². The van der Waals surface area contributed by atoms with Crippen molar-refractivity contribution in [2.45, 2.75) is 30.8 Å². The first-order chi connectivity index (χ1) is 14.1. The number of carbonyl (C=O) groups is 1. The number of anilines is 2. The van der Waals surface area contributed by atoms with Crippen LogP contribution in [-0.2, 0) is 21.9 Å². The van der Waals surface area contributed by atoms with E-state index in [1.165, 1.54) is 30.6 Å². The second-order valence-corrected chi connectivity index (χ2v) is 8.90. The Kier molecular flexibility index (Phi) is 4.82. The minimum atomic E-state index is -3.80. The fourth-order valence-electron chi connectivity index (χ4n) is 3.83. The number of amides is 1. The molecule has 1 amide bonds. The van der Waals surface area contributed by atoms with Crippen LogP contribution in [0.4, 0.5) is 11.6 Å². The van der Waals surface area contributed by atoms with Gasteiger partial charge in [0.05, 0.1) is 22.5 Å². The summed E-state index contributed by atoms with van der Waals surface area (Å²) in [4.78, 5) is 17.5. The highest BCUT2D eigenvalue weighted by Gasteiger charge is 2.42. The second-order valence-electron chi connectivity index (χ2n) is 7.33. The number of primary sulfonamides is 1. The summed E-state index contributed by atoms with van der Waals surface area (Å²) in [6, 6.07) is 5.07. The minimum Gasteiger partial charge on any atom is -0.351 e. The first kappa shape index (κ1) is 20.0. The van der Waals surface area contributed by atoms with Crippen molar-refractivity contribution in [3.05, 3.63) is 48.0 Å². The van der Waals surface area contributed by atoms with Crippen molar-refractivity contribution >= 4 is 27.6 Å². The summed E-state index contributed by atoms with van der Waals surface area (Å²) >= 11 is 0. The maximum Gasteiger partial charge on any atom is 0.238 e. The third-order valence-corrected chi connectivity index (χ3v) is 6.12. The van der Waals surface area contributed by atoms with E-state index in [-0.39, 0.29) is 16.8 Å². The SMILES string of the molecule is Cc1nn(C)cc1[C@@H]1[C@H](C(=O)Nc2ccc(S(N)(=O)=O)cc2)[C@@H](C)Nc2ncnn21. The predicted octanol–water partition coefficient (Wildman–Crippen LogP) is 0.626. The summed E-state index contributed by atoms with van der Waals surface area (Å²) in [6.45, 7) is 3.80. The fraction of sp³-hybridized carbons (Fsp3) is 0.333. The summed E-state index contributed by atoms with van der Waals surface area (Å²) in [7, 11) is -1.98. The molecule has 30 heavy (non-hydrogen) atoms. The van der Waals surface area contributed by atoms with Crippen molar-refractivity contribution in [2.75, 3.05) is 10.6 Å². The highest BCUT2D eigenvalue weighted by atomic mass is 32.2. The first-order valence-electron chi connectivity index (χ1n) is 9.25. The van der Waals surface area contributed by atoms with Crippen molar-refractivity contribution in [2.24, 2.45) is 18.1 Å². The molecule has 12 heteroatoms. The zero-order valence-corrected chi connectivity index (χ0v) is 17.5. The third-order valence-electron chi connectivity index (χ3n) is 5.20. The van der Waals surface area contributed by atoms with Crippen LogP contribution in [0, 0.1) is 12.8 Å². The minimum absolute atomic E-state index is 0.0238. The molecule has 0 bridgehead atoms. The molecule has 3 atom stereocenters. The van der Waals surface area contributed by atoms with Gasteiger partial charge >= 0.3 is 0 Å². The van der Waals surface area contributed by atoms with E-state index < -0.39 is 22.0 Å². The molecule has 0 fully saturated rings. The van der Waals surface area contributed by atoms with Gasteiger partial charge in [-0.1, -0.05) is 0 Å². The van der Waals surface area contributed by atoms with Gasteiger partial charge in [-0.25, -0.2) is 18.2 Å². The van der Waals surface area contributed by atoms with Crippen LogP contribution in [0.25, 0.3) is 0 Å². The molecule has 1 aliphatic rings. The van der Waals surface area contributed by atoms with Crippen LogP contribution >= 0.6 is 0 Å². The van der Waals surface area contributed by atoms with E-state index in [2.05, 4.69) is 25.8 Å². The van der Waals surface area contributed by atoms with Gasteiger partial charge in [-0.3, -0.25) is 9.48 Å². The van der Waals surface area contributed by atoms with Gasteiger partial charge in [0.2, 0.25) is 21.9 Å². The molecular weight excluding hydrogens is 408 g/mol. The summed E-state index contributed by atoms with van der Waals surface area (Å²) in [5, 5.41) is 20.0. The Bertz CT molecular complexity index is 1200. The number of carbonyl (C=O) groups excluding carboxylic acids is 1. The van der Waals surface area contributed by atoms with E-state index in [4.69, 9.17) is 5.14 Å². The molecule has 1 aliphatic heterocycles. The molecule has 11 nitrogen and oxygen atoms in total. The Morgan fingerprint density at radius 3 is 2.57 bits per heavy atom. The Morgan fingerprint density at radius 2 is 1.97 bits per heavy atom. The smallest absolute Gasteiger partial charge is 0.238 e. The number of aryl methyl sites for hydroxylation is 2. The van der Waals surface area contributed by atoms with Gasteiger partial charge in [-0.2, -0.15) is 15.2 Å². The van der Waals surface area contributed by atoms with E-state index in [0.29, 0.717) is 11.6 Å². The van der Waals surface area contributed by atoms with Crippen molar-refractivity contribution in [3.8, 4) is 0 Å². The molecule has 1 aromatic carbocycles. The largest absolute Gasteiger partial charge is 0.351 e. The Labute approximate surface area is 173 Å². The molecule has 0 saturated carbocycles. The maximum atomic E-state index is 13.3. The van der Waals surface area contributed by atoms with Crippen LogP contribution in [0.1, 0.15) is 24.2 Å².